The van der Waals surface area contributed by atoms with Gasteiger partial charge >= 0.3 is 0 Å². The van der Waals surface area contributed by atoms with Gasteiger partial charge in [-0.25, -0.2) is 13.8 Å². The lowest BCUT2D eigenvalue weighted by atomic mass is 10.1. The molecule has 0 saturated heterocycles. The summed E-state index contributed by atoms with van der Waals surface area (Å²) >= 11 is 0. The van der Waals surface area contributed by atoms with Crippen molar-refractivity contribution >= 4 is 11.7 Å². The fraction of sp³-hybridized carbons (Fsp3) is 0.368. The molecule has 0 bridgehead atoms. The monoisotopic (exact) mass is 363 g/mol. The standard InChI is InChI=1S/C19H23F2N3O2/c1-11(2)6-15(22)10-26-19-16(20)7-14(8-17(19)21)13-4-5-23-18(9-13)24-12(3)25/h4-5,7-9,11,15H,6,10,22H2,1-3H3,(H,23,24,25). The molecular weight excluding hydrogens is 340 g/mol. The molecule has 1 aromatic carbocycles. The number of nitrogens with two attached hydrogens (primary N) is 1. The first-order valence-corrected chi connectivity index (χ1v) is 8.37. The Kier molecular flexibility index (Phi) is 6.63. The number of anilines is 1. The number of benzene rings is 1. The van der Waals surface area contributed by atoms with E-state index in [4.69, 9.17) is 10.5 Å². The van der Waals surface area contributed by atoms with Crippen molar-refractivity contribution in [1.29, 1.82) is 0 Å². The molecule has 1 unspecified atom stereocenters. The molecule has 0 spiro atoms. The first-order valence-electron chi connectivity index (χ1n) is 8.37. The van der Waals surface area contributed by atoms with Crippen LogP contribution in [0.4, 0.5) is 14.6 Å². The predicted molar refractivity (Wildman–Crippen MR) is 96.8 cm³/mol. The van der Waals surface area contributed by atoms with Crippen LogP contribution in [0.1, 0.15) is 27.2 Å². The molecule has 0 aliphatic rings. The van der Waals surface area contributed by atoms with Crippen molar-refractivity contribution in [2.45, 2.75) is 33.2 Å². The lowest BCUT2D eigenvalue weighted by Gasteiger charge is -2.16. The summed E-state index contributed by atoms with van der Waals surface area (Å²) in [6, 6.07) is 5.19. The Morgan fingerprint density at radius 1 is 1.23 bits per heavy atom. The zero-order valence-electron chi connectivity index (χ0n) is 15.1. The van der Waals surface area contributed by atoms with E-state index in [9.17, 15) is 13.6 Å². The Hall–Kier alpha value is -2.54. The van der Waals surface area contributed by atoms with Crippen LogP contribution in [0.5, 0.6) is 5.75 Å². The van der Waals surface area contributed by atoms with Gasteiger partial charge in [-0.3, -0.25) is 4.79 Å². The van der Waals surface area contributed by atoms with E-state index >= 15 is 0 Å². The third kappa shape index (κ3) is 5.49. The second kappa shape index (κ2) is 8.71. The van der Waals surface area contributed by atoms with Crippen molar-refractivity contribution < 1.29 is 18.3 Å². The molecule has 0 saturated carbocycles. The second-order valence-electron chi connectivity index (χ2n) is 6.58. The number of hydrogen-bond donors (Lipinski definition) is 2. The molecule has 3 N–H and O–H groups in total. The minimum atomic E-state index is -0.811. The molecule has 2 aromatic rings. The van der Waals surface area contributed by atoms with Gasteiger partial charge in [0.1, 0.15) is 12.4 Å². The van der Waals surface area contributed by atoms with E-state index in [1.54, 1.807) is 6.07 Å². The summed E-state index contributed by atoms with van der Waals surface area (Å²) in [5.74, 6) is -1.67. The summed E-state index contributed by atoms with van der Waals surface area (Å²) in [4.78, 5) is 15.1. The van der Waals surface area contributed by atoms with Crippen LogP contribution >= 0.6 is 0 Å². The van der Waals surface area contributed by atoms with E-state index in [-0.39, 0.29) is 18.6 Å². The van der Waals surface area contributed by atoms with E-state index in [1.165, 1.54) is 31.3 Å². The average molecular weight is 363 g/mol. The summed E-state index contributed by atoms with van der Waals surface area (Å²) in [7, 11) is 0. The number of rotatable bonds is 7. The quantitative estimate of drug-likeness (QED) is 0.786. The van der Waals surface area contributed by atoms with Crippen LogP contribution in [0.25, 0.3) is 11.1 Å². The number of aromatic nitrogens is 1. The molecule has 0 aliphatic carbocycles. The van der Waals surface area contributed by atoms with Gasteiger partial charge in [0.25, 0.3) is 0 Å². The summed E-state index contributed by atoms with van der Waals surface area (Å²) in [6.07, 6.45) is 2.15. The van der Waals surface area contributed by atoms with Crippen molar-refractivity contribution in [2.75, 3.05) is 11.9 Å². The molecule has 1 atom stereocenters. The van der Waals surface area contributed by atoms with Crippen LogP contribution < -0.4 is 15.8 Å². The van der Waals surface area contributed by atoms with Crippen LogP contribution in [0.15, 0.2) is 30.5 Å². The fourth-order valence-electron chi connectivity index (χ4n) is 2.59. The van der Waals surface area contributed by atoms with Gasteiger partial charge in [0, 0.05) is 19.2 Å². The Labute approximate surface area is 151 Å². The summed E-state index contributed by atoms with van der Waals surface area (Å²) in [5.41, 5.74) is 6.72. The molecule has 2 rings (SSSR count). The van der Waals surface area contributed by atoms with Crippen molar-refractivity contribution in [1.82, 2.24) is 4.98 Å². The summed E-state index contributed by atoms with van der Waals surface area (Å²) in [5, 5.41) is 2.53. The van der Waals surface area contributed by atoms with Crippen LogP contribution in [-0.4, -0.2) is 23.5 Å². The third-order valence-corrected chi connectivity index (χ3v) is 3.61. The highest BCUT2D eigenvalue weighted by atomic mass is 19.1. The van der Waals surface area contributed by atoms with Crippen LogP contribution in [0.3, 0.4) is 0 Å². The highest BCUT2D eigenvalue weighted by Gasteiger charge is 2.16. The number of hydrogen-bond acceptors (Lipinski definition) is 4. The number of nitrogens with one attached hydrogen (secondary N) is 1. The first kappa shape index (κ1) is 19.8. The molecule has 0 aliphatic heterocycles. The molecule has 0 radical (unpaired) electrons. The highest BCUT2D eigenvalue weighted by molar-refractivity contribution is 5.88. The Morgan fingerprint density at radius 2 is 1.88 bits per heavy atom. The highest BCUT2D eigenvalue weighted by Crippen LogP contribution is 2.30. The van der Waals surface area contributed by atoms with Gasteiger partial charge in [-0.15, -0.1) is 0 Å². The SMILES string of the molecule is CC(=O)Nc1cc(-c2cc(F)c(OCC(N)CC(C)C)c(F)c2)ccn1. The molecule has 140 valence electrons. The predicted octanol–water partition coefficient (Wildman–Crippen LogP) is 3.74. The number of halogens is 2. The maximum Gasteiger partial charge on any atom is 0.222 e. The van der Waals surface area contributed by atoms with Crippen LogP contribution in [-0.2, 0) is 4.79 Å². The van der Waals surface area contributed by atoms with Crippen molar-refractivity contribution in [3.63, 3.8) is 0 Å². The molecule has 1 amide bonds. The largest absolute Gasteiger partial charge is 0.486 e. The Balaban J connectivity index is 2.20. The van der Waals surface area contributed by atoms with E-state index in [2.05, 4.69) is 10.3 Å². The number of nitrogens with zero attached hydrogens (tertiary/aromatic N) is 1. The lowest BCUT2D eigenvalue weighted by molar-refractivity contribution is -0.114. The van der Waals surface area contributed by atoms with Gasteiger partial charge in [-0.1, -0.05) is 13.8 Å². The van der Waals surface area contributed by atoms with E-state index in [1.807, 2.05) is 13.8 Å². The molecular formula is C19H23F2N3O2. The van der Waals surface area contributed by atoms with Gasteiger partial charge in [0.15, 0.2) is 17.4 Å². The maximum absolute atomic E-state index is 14.3. The lowest BCUT2D eigenvalue weighted by Crippen LogP contribution is -2.29. The number of carbonyl (C=O) groups is 1. The minimum absolute atomic E-state index is 0.0350. The molecule has 5 nitrogen and oxygen atoms in total. The molecule has 26 heavy (non-hydrogen) atoms. The summed E-state index contributed by atoms with van der Waals surface area (Å²) < 4.78 is 33.9. The van der Waals surface area contributed by atoms with Crippen LogP contribution in [0.2, 0.25) is 0 Å². The topological polar surface area (TPSA) is 77.2 Å². The Bertz CT molecular complexity index is 758. The first-order chi connectivity index (χ1) is 12.3. The average Bonchev–Trinajstić information content (AvgIpc) is 2.52. The number of pyridine rings is 1. The zero-order chi connectivity index (χ0) is 19.3. The molecule has 1 heterocycles. The number of amides is 1. The van der Waals surface area contributed by atoms with Gasteiger partial charge in [-0.05, 0) is 47.7 Å². The minimum Gasteiger partial charge on any atom is -0.486 e. The normalized spacial score (nSPS) is 12.1. The zero-order valence-corrected chi connectivity index (χ0v) is 15.1. The van der Waals surface area contributed by atoms with Gasteiger partial charge < -0.3 is 15.8 Å². The fourth-order valence-corrected chi connectivity index (χ4v) is 2.59. The van der Waals surface area contributed by atoms with E-state index < -0.39 is 17.4 Å². The summed E-state index contributed by atoms with van der Waals surface area (Å²) in [6.45, 7) is 5.41. The van der Waals surface area contributed by atoms with Crippen molar-refractivity contribution in [3.05, 3.63) is 42.1 Å². The number of carbonyl (C=O) groups excluding carboxylic acids is 1. The molecule has 1 aromatic heterocycles. The van der Waals surface area contributed by atoms with E-state index in [0.717, 1.165) is 0 Å². The van der Waals surface area contributed by atoms with Gasteiger partial charge in [0.05, 0.1) is 0 Å². The molecule has 0 fully saturated rings. The van der Waals surface area contributed by atoms with Crippen LogP contribution in [0, 0.1) is 17.6 Å². The van der Waals surface area contributed by atoms with Gasteiger partial charge in [-0.2, -0.15) is 0 Å². The maximum atomic E-state index is 14.3. The number of ether oxygens (including phenoxy) is 1. The van der Waals surface area contributed by atoms with E-state index in [0.29, 0.717) is 29.3 Å². The Morgan fingerprint density at radius 3 is 2.46 bits per heavy atom. The molecule has 7 heteroatoms. The second-order valence-corrected chi connectivity index (χ2v) is 6.58. The van der Waals surface area contributed by atoms with Crippen molar-refractivity contribution in [2.24, 2.45) is 11.7 Å². The smallest absolute Gasteiger partial charge is 0.222 e. The van der Waals surface area contributed by atoms with Crippen molar-refractivity contribution in [3.8, 4) is 16.9 Å². The third-order valence-electron chi connectivity index (χ3n) is 3.61. The van der Waals surface area contributed by atoms with Gasteiger partial charge in [0.2, 0.25) is 5.91 Å².